The lowest BCUT2D eigenvalue weighted by atomic mass is 10.1. The molecule has 0 aliphatic rings. The molecular formula is C21H24N2O4S. The molecule has 6 nitrogen and oxygen atoms in total. The predicted molar refractivity (Wildman–Crippen MR) is 110 cm³/mol. The number of nitrogens with zero attached hydrogens (tertiary/aromatic N) is 1. The van der Waals surface area contributed by atoms with Crippen LogP contribution >= 0.6 is 0 Å². The fraction of sp³-hybridized carbons (Fsp3) is 0.286. The maximum absolute atomic E-state index is 13.2. The van der Waals surface area contributed by atoms with E-state index in [0.29, 0.717) is 17.9 Å². The van der Waals surface area contributed by atoms with Crippen LogP contribution in [-0.4, -0.2) is 31.4 Å². The van der Waals surface area contributed by atoms with Crippen LogP contribution in [0.1, 0.15) is 19.4 Å². The van der Waals surface area contributed by atoms with Gasteiger partial charge in [-0.05, 0) is 47.7 Å². The second-order valence-corrected chi connectivity index (χ2v) is 9.02. The van der Waals surface area contributed by atoms with Crippen LogP contribution in [0.2, 0.25) is 0 Å². The van der Waals surface area contributed by atoms with Gasteiger partial charge in [0.1, 0.15) is 5.75 Å². The van der Waals surface area contributed by atoms with Gasteiger partial charge in [0, 0.05) is 24.2 Å². The number of hydrogen-bond acceptors (Lipinski definition) is 4. The quantitative estimate of drug-likeness (QED) is 0.659. The fourth-order valence-corrected chi connectivity index (χ4v) is 4.63. The van der Waals surface area contributed by atoms with Gasteiger partial charge >= 0.3 is 0 Å². The summed E-state index contributed by atoms with van der Waals surface area (Å²) in [4.78, 5) is 15.5. The van der Waals surface area contributed by atoms with Crippen molar-refractivity contribution in [2.45, 2.75) is 25.3 Å². The number of benzene rings is 2. The summed E-state index contributed by atoms with van der Waals surface area (Å²) in [6, 6.07) is 15.5. The summed E-state index contributed by atoms with van der Waals surface area (Å²) in [5.41, 5.74) is 0.860. The summed E-state index contributed by atoms with van der Waals surface area (Å²) in [6.45, 7) is 4.20. The molecule has 2 aromatic carbocycles. The van der Waals surface area contributed by atoms with E-state index in [1.165, 1.54) is 23.5 Å². The molecule has 0 amide bonds. The molecule has 7 heteroatoms. The van der Waals surface area contributed by atoms with E-state index in [4.69, 9.17) is 4.74 Å². The van der Waals surface area contributed by atoms with Crippen molar-refractivity contribution < 1.29 is 13.2 Å². The van der Waals surface area contributed by atoms with Gasteiger partial charge in [0.2, 0.25) is 10.0 Å². The highest BCUT2D eigenvalue weighted by Crippen LogP contribution is 2.22. The summed E-state index contributed by atoms with van der Waals surface area (Å²) >= 11 is 0. The first kappa shape index (κ1) is 20.1. The molecule has 0 aliphatic carbocycles. The summed E-state index contributed by atoms with van der Waals surface area (Å²) in [7, 11) is -2.24. The van der Waals surface area contributed by atoms with Crippen molar-refractivity contribution >= 4 is 20.9 Å². The van der Waals surface area contributed by atoms with E-state index in [-0.39, 0.29) is 22.9 Å². The molecule has 0 spiro atoms. The van der Waals surface area contributed by atoms with Crippen molar-refractivity contribution in [3.05, 3.63) is 70.5 Å². The summed E-state index contributed by atoms with van der Waals surface area (Å²) < 4.78 is 32.9. The van der Waals surface area contributed by atoms with Gasteiger partial charge in [-0.1, -0.05) is 32.0 Å². The highest BCUT2D eigenvalue weighted by Gasteiger charge is 2.26. The largest absolute Gasteiger partial charge is 0.497 e. The van der Waals surface area contributed by atoms with E-state index in [0.717, 1.165) is 10.9 Å². The SMILES string of the molecule is COc1ccc(S(=O)(=O)N(Cc2cc3ccccc3[nH]c2=O)CC(C)C)cc1. The third-order valence-corrected chi connectivity index (χ3v) is 6.27. The first-order valence-electron chi connectivity index (χ1n) is 9.06. The molecule has 0 fully saturated rings. The highest BCUT2D eigenvalue weighted by atomic mass is 32.2. The van der Waals surface area contributed by atoms with E-state index in [9.17, 15) is 13.2 Å². The Labute approximate surface area is 164 Å². The van der Waals surface area contributed by atoms with Crippen molar-refractivity contribution in [2.24, 2.45) is 5.92 Å². The number of ether oxygens (including phenoxy) is 1. The lowest BCUT2D eigenvalue weighted by molar-refractivity contribution is 0.361. The van der Waals surface area contributed by atoms with Gasteiger partial charge in [-0.25, -0.2) is 8.42 Å². The van der Waals surface area contributed by atoms with E-state index in [2.05, 4.69) is 4.98 Å². The molecule has 0 saturated carbocycles. The maximum atomic E-state index is 13.2. The molecule has 1 heterocycles. The number of methoxy groups -OCH3 is 1. The van der Waals surface area contributed by atoms with Crippen molar-refractivity contribution in [3.63, 3.8) is 0 Å². The Balaban J connectivity index is 2.00. The standard InChI is InChI=1S/C21H24N2O4S/c1-15(2)13-23(28(25,26)19-10-8-18(27-3)9-11-19)14-17-12-16-6-4-5-7-20(16)22-21(17)24/h4-12,15H,13-14H2,1-3H3,(H,22,24). The molecule has 3 rings (SSSR count). The summed E-state index contributed by atoms with van der Waals surface area (Å²) in [6.07, 6.45) is 0. The zero-order valence-electron chi connectivity index (χ0n) is 16.2. The molecule has 0 atom stereocenters. The number of H-pyrrole nitrogens is 1. The van der Waals surface area contributed by atoms with E-state index in [1.807, 2.05) is 38.1 Å². The van der Waals surface area contributed by atoms with E-state index in [1.54, 1.807) is 18.2 Å². The molecule has 1 aromatic heterocycles. The Morgan fingerprint density at radius 1 is 1.07 bits per heavy atom. The molecule has 0 radical (unpaired) electrons. The number of sulfonamides is 1. The number of rotatable bonds is 7. The molecule has 28 heavy (non-hydrogen) atoms. The minimum Gasteiger partial charge on any atom is -0.497 e. The highest BCUT2D eigenvalue weighted by molar-refractivity contribution is 7.89. The van der Waals surface area contributed by atoms with Gasteiger partial charge < -0.3 is 9.72 Å². The normalized spacial score (nSPS) is 12.0. The molecule has 0 bridgehead atoms. The van der Waals surface area contributed by atoms with Crippen LogP contribution in [0.15, 0.2) is 64.3 Å². The van der Waals surface area contributed by atoms with Gasteiger partial charge in [0.05, 0.1) is 12.0 Å². The Morgan fingerprint density at radius 2 is 1.75 bits per heavy atom. The van der Waals surface area contributed by atoms with Gasteiger partial charge in [0.25, 0.3) is 5.56 Å². The number of aromatic nitrogens is 1. The van der Waals surface area contributed by atoms with Gasteiger partial charge in [0.15, 0.2) is 0 Å². The van der Waals surface area contributed by atoms with Crippen LogP contribution in [0.5, 0.6) is 5.75 Å². The number of para-hydroxylation sites is 1. The number of nitrogens with one attached hydrogen (secondary N) is 1. The Hall–Kier alpha value is -2.64. The average Bonchev–Trinajstić information content (AvgIpc) is 2.67. The van der Waals surface area contributed by atoms with Crippen LogP contribution < -0.4 is 10.3 Å². The van der Waals surface area contributed by atoms with E-state index >= 15 is 0 Å². The Bertz CT molecular complexity index is 1120. The van der Waals surface area contributed by atoms with Gasteiger partial charge in [-0.2, -0.15) is 4.31 Å². The molecule has 3 aromatic rings. The van der Waals surface area contributed by atoms with Crippen LogP contribution in [0.4, 0.5) is 0 Å². The number of hydrogen-bond donors (Lipinski definition) is 1. The summed E-state index contributed by atoms with van der Waals surface area (Å²) in [5.74, 6) is 0.688. The third kappa shape index (κ3) is 4.26. The predicted octanol–water partition coefficient (Wildman–Crippen LogP) is 3.38. The monoisotopic (exact) mass is 400 g/mol. The molecular weight excluding hydrogens is 376 g/mol. The molecule has 0 unspecified atom stereocenters. The Kier molecular flexibility index (Phi) is 5.86. The van der Waals surface area contributed by atoms with E-state index < -0.39 is 10.0 Å². The smallest absolute Gasteiger partial charge is 0.252 e. The zero-order valence-corrected chi connectivity index (χ0v) is 17.0. The minimum absolute atomic E-state index is 0.00666. The number of fused-ring (bicyclic) bond motifs is 1. The topological polar surface area (TPSA) is 79.5 Å². The molecule has 0 aliphatic heterocycles. The summed E-state index contributed by atoms with van der Waals surface area (Å²) in [5, 5.41) is 0.864. The fourth-order valence-electron chi connectivity index (χ4n) is 3.05. The molecule has 1 N–H and O–H groups in total. The molecule has 0 saturated heterocycles. The first-order valence-corrected chi connectivity index (χ1v) is 10.5. The zero-order chi connectivity index (χ0) is 20.3. The van der Waals surface area contributed by atoms with Crippen LogP contribution in [-0.2, 0) is 16.6 Å². The minimum atomic E-state index is -3.76. The lowest BCUT2D eigenvalue weighted by Gasteiger charge is -2.24. The number of aromatic amines is 1. The van der Waals surface area contributed by atoms with Crippen LogP contribution in [0.25, 0.3) is 10.9 Å². The van der Waals surface area contributed by atoms with Crippen LogP contribution in [0, 0.1) is 5.92 Å². The number of pyridine rings is 1. The van der Waals surface area contributed by atoms with Gasteiger partial charge in [-0.15, -0.1) is 0 Å². The van der Waals surface area contributed by atoms with Crippen molar-refractivity contribution in [3.8, 4) is 5.75 Å². The Morgan fingerprint density at radius 3 is 2.39 bits per heavy atom. The first-order chi connectivity index (χ1) is 13.3. The van der Waals surface area contributed by atoms with Crippen molar-refractivity contribution in [2.75, 3.05) is 13.7 Å². The molecule has 148 valence electrons. The second kappa shape index (κ2) is 8.16. The van der Waals surface area contributed by atoms with Crippen molar-refractivity contribution in [1.29, 1.82) is 0 Å². The van der Waals surface area contributed by atoms with Crippen molar-refractivity contribution in [1.82, 2.24) is 9.29 Å². The lowest BCUT2D eigenvalue weighted by Crippen LogP contribution is -2.35. The maximum Gasteiger partial charge on any atom is 0.252 e. The second-order valence-electron chi connectivity index (χ2n) is 7.08. The van der Waals surface area contributed by atoms with Crippen LogP contribution in [0.3, 0.4) is 0 Å². The van der Waals surface area contributed by atoms with Gasteiger partial charge in [-0.3, -0.25) is 4.79 Å². The average molecular weight is 401 g/mol. The third-order valence-electron chi connectivity index (χ3n) is 4.44.